The van der Waals surface area contributed by atoms with E-state index >= 15 is 0 Å². The van der Waals surface area contributed by atoms with Crippen LogP contribution in [0.5, 0.6) is 0 Å². The molecule has 0 radical (unpaired) electrons. The Bertz CT molecular complexity index is 491. The molecule has 0 aromatic carbocycles. The quantitative estimate of drug-likeness (QED) is 0.780. The van der Waals surface area contributed by atoms with E-state index in [-0.39, 0.29) is 11.9 Å². The molecule has 2 saturated carbocycles. The van der Waals surface area contributed by atoms with Gasteiger partial charge in [-0.1, -0.05) is 24.2 Å². The molecule has 2 aliphatic rings. The third-order valence-corrected chi connectivity index (χ3v) is 5.23. The summed E-state index contributed by atoms with van der Waals surface area (Å²) in [6.45, 7) is 2.09. The Morgan fingerprint density at radius 1 is 1.35 bits per heavy atom. The van der Waals surface area contributed by atoms with Gasteiger partial charge in [-0.15, -0.1) is 0 Å². The van der Waals surface area contributed by atoms with Gasteiger partial charge in [0.25, 0.3) is 5.91 Å². The molecule has 1 amide bonds. The van der Waals surface area contributed by atoms with Crippen LogP contribution in [-0.2, 0) is 0 Å². The monoisotopic (exact) mass is 294 g/mol. The van der Waals surface area contributed by atoms with Gasteiger partial charge < -0.3 is 16.4 Å². The summed E-state index contributed by atoms with van der Waals surface area (Å²) in [5.74, 6) is 0.870. The standard InChI is InChI=1S/C14H22N4OS/c1-8(9-4-2-3-5-9)16-13(19)11-12(15)18-14(20-11)17-10-6-7-10/h8-10H,2-7,15H2,1H3,(H,16,19)(H,17,18). The maximum Gasteiger partial charge on any atom is 0.265 e. The van der Waals surface area contributed by atoms with Gasteiger partial charge in [0.05, 0.1) is 0 Å². The molecular weight excluding hydrogens is 272 g/mol. The van der Waals surface area contributed by atoms with Crippen LogP contribution in [0.2, 0.25) is 0 Å². The smallest absolute Gasteiger partial charge is 0.265 e. The third kappa shape index (κ3) is 3.06. The maximum atomic E-state index is 12.3. The lowest BCUT2D eigenvalue weighted by Gasteiger charge is -2.19. The maximum absolute atomic E-state index is 12.3. The van der Waals surface area contributed by atoms with E-state index in [0.29, 0.717) is 22.7 Å². The highest BCUT2D eigenvalue weighted by atomic mass is 32.1. The van der Waals surface area contributed by atoms with Crippen molar-refractivity contribution in [2.75, 3.05) is 11.1 Å². The predicted molar refractivity (Wildman–Crippen MR) is 82.1 cm³/mol. The number of amides is 1. The number of carbonyl (C=O) groups excluding carboxylic acids is 1. The second-order valence-corrected chi connectivity index (χ2v) is 6.96. The molecule has 5 nitrogen and oxygen atoms in total. The number of hydrogen-bond donors (Lipinski definition) is 3. The molecule has 1 aromatic heterocycles. The van der Waals surface area contributed by atoms with E-state index in [0.717, 1.165) is 5.13 Å². The van der Waals surface area contributed by atoms with Crippen LogP contribution in [0.15, 0.2) is 0 Å². The fourth-order valence-electron chi connectivity index (χ4n) is 2.81. The van der Waals surface area contributed by atoms with E-state index < -0.39 is 0 Å². The van der Waals surface area contributed by atoms with Crippen LogP contribution in [-0.4, -0.2) is 23.0 Å². The summed E-state index contributed by atoms with van der Waals surface area (Å²) in [5.41, 5.74) is 5.87. The van der Waals surface area contributed by atoms with E-state index in [1.54, 1.807) is 0 Å². The largest absolute Gasteiger partial charge is 0.382 e. The van der Waals surface area contributed by atoms with Crippen LogP contribution in [0.4, 0.5) is 10.9 Å². The lowest BCUT2D eigenvalue weighted by atomic mass is 10.00. The van der Waals surface area contributed by atoms with Crippen LogP contribution in [0.25, 0.3) is 0 Å². The predicted octanol–water partition coefficient (Wildman–Crippen LogP) is 2.61. The molecule has 2 fully saturated rings. The molecule has 0 aliphatic heterocycles. The van der Waals surface area contributed by atoms with Gasteiger partial charge >= 0.3 is 0 Å². The van der Waals surface area contributed by atoms with Crippen molar-refractivity contribution >= 4 is 28.2 Å². The summed E-state index contributed by atoms with van der Waals surface area (Å²) in [6, 6.07) is 0.736. The van der Waals surface area contributed by atoms with Gasteiger partial charge in [-0.05, 0) is 38.5 Å². The highest BCUT2D eigenvalue weighted by Gasteiger charge is 2.26. The Balaban J connectivity index is 1.61. The van der Waals surface area contributed by atoms with Crippen LogP contribution in [0.3, 0.4) is 0 Å². The van der Waals surface area contributed by atoms with Crippen molar-refractivity contribution in [1.82, 2.24) is 10.3 Å². The Morgan fingerprint density at radius 3 is 2.70 bits per heavy atom. The lowest BCUT2D eigenvalue weighted by molar-refractivity contribution is 0.0932. The zero-order valence-electron chi connectivity index (χ0n) is 11.8. The van der Waals surface area contributed by atoms with Crippen molar-refractivity contribution in [2.24, 2.45) is 5.92 Å². The van der Waals surface area contributed by atoms with E-state index in [4.69, 9.17) is 5.73 Å². The van der Waals surface area contributed by atoms with Crippen molar-refractivity contribution in [3.05, 3.63) is 4.88 Å². The zero-order valence-corrected chi connectivity index (χ0v) is 12.6. The van der Waals surface area contributed by atoms with Gasteiger partial charge in [0.1, 0.15) is 10.7 Å². The molecule has 3 rings (SSSR count). The number of nitrogens with one attached hydrogen (secondary N) is 2. The van der Waals surface area contributed by atoms with Gasteiger partial charge in [0.15, 0.2) is 5.13 Å². The molecule has 1 heterocycles. The summed E-state index contributed by atoms with van der Waals surface area (Å²) in [5, 5.41) is 7.14. The summed E-state index contributed by atoms with van der Waals surface area (Å²) < 4.78 is 0. The molecular formula is C14H22N4OS. The molecule has 0 bridgehead atoms. The summed E-state index contributed by atoms with van der Waals surface area (Å²) >= 11 is 1.36. The Labute approximate surface area is 123 Å². The van der Waals surface area contributed by atoms with E-state index in [1.165, 1.54) is 49.9 Å². The third-order valence-electron chi connectivity index (χ3n) is 4.23. The molecule has 0 saturated heterocycles. The number of rotatable bonds is 5. The summed E-state index contributed by atoms with van der Waals surface area (Å²) in [6.07, 6.45) is 7.35. The summed E-state index contributed by atoms with van der Waals surface area (Å²) in [4.78, 5) is 17.1. The molecule has 110 valence electrons. The van der Waals surface area contributed by atoms with Crippen molar-refractivity contribution in [3.8, 4) is 0 Å². The van der Waals surface area contributed by atoms with Crippen molar-refractivity contribution in [1.29, 1.82) is 0 Å². The topological polar surface area (TPSA) is 80.0 Å². The van der Waals surface area contributed by atoms with Crippen LogP contribution < -0.4 is 16.4 Å². The first-order valence-electron chi connectivity index (χ1n) is 7.47. The first kappa shape index (κ1) is 13.7. The first-order chi connectivity index (χ1) is 9.63. The average molecular weight is 294 g/mol. The Morgan fingerprint density at radius 2 is 2.05 bits per heavy atom. The van der Waals surface area contributed by atoms with E-state index in [9.17, 15) is 4.79 Å². The average Bonchev–Trinajstić information content (AvgIpc) is 2.92. The van der Waals surface area contributed by atoms with Gasteiger partial charge in [0, 0.05) is 12.1 Å². The second kappa shape index (κ2) is 5.60. The molecule has 1 atom stereocenters. The molecule has 20 heavy (non-hydrogen) atoms. The molecule has 2 aliphatic carbocycles. The molecule has 4 N–H and O–H groups in total. The fourth-order valence-corrected chi connectivity index (χ4v) is 3.67. The van der Waals surface area contributed by atoms with Gasteiger partial charge in [0.2, 0.25) is 0 Å². The van der Waals surface area contributed by atoms with Crippen molar-refractivity contribution < 1.29 is 4.79 Å². The second-order valence-electron chi connectivity index (χ2n) is 5.96. The van der Waals surface area contributed by atoms with E-state index in [2.05, 4.69) is 22.5 Å². The van der Waals surface area contributed by atoms with Gasteiger partial charge in [-0.3, -0.25) is 4.79 Å². The summed E-state index contributed by atoms with van der Waals surface area (Å²) in [7, 11) is 0. The normalized spacial score (nSPS) is 20.9. The zero-order chi connectivity index (χ0) is 14.1. The number of nitrogen functional groups attached to an aromatic ring is 1. The van der Waals surface area contributed by atoms with Gasteiger partial charge in [-0.2, -0.15) is 0 Å². The minimum Gasteiger partial charge on any atom is -0.382 e. The van der Waals surface area contributed by atoms with Crippen LogP contribution >= 0.6 is 11.3 Å². The van der Waals surface area contributed by atoms with Crippen molar-refractivity contribution in [2.45, 2.75) is 57.5 Å². The number of anilines is 2. The van der Waals surface area contributed by atoms with Gasteiger partial charge in [-0.25, -0.2) is 4.98 Å². The SMILES string of the molecule is CC(NC(=O)c1sc(NC2CC2)nc1N)C1CCCC1. The minimum atomic E-state index is -0.0803. The molecule has 0 spiro atoms. The Hall–Kier alpha value is -1.30. The van der Waals surface area contributed by atoms with Crippen LogP contribution in [0, 0.1) is 5.92 Å². The minimum absolute atomic E-state index is 0.0803. The number of carbonyl (C=O) groups is 1. The van der Waals surface area contributed by atoms with Crippen molar-refractivity contribution in [3.63, 3.8) is 0 Å². The first-order valence-corrected chi connectivity index (χ1v) is 8.29. The number of nitrogens with zero attached hydrogens (tertiary/aromatic N) is 1. The number of aromatic nitrogens is 1. The fraction of sp³-hybridized carbons (Fsp3) is 0.714. The van der Waals surface area contributed by atoms with Crippen LogP contribution in [0.1, 0.15) is 55.1 Å². The molecule has 1 aromatic rings. The number of nitrogens with two attached hydrogens (primary N) is 1. The number of thiazole rings is 1. The Kier molecular flexibility index (Phi) is 3.83. The molecule has 6 heteroatoms. The molecule has 1 unspecified atom stereocenters. The number of hydrogen-bond acceptors (Lipinski definition) is 5. The van der Waals surface area contributed by atoms with E-state index in [1.807, 2.05) is 0 Å². The highest BCUT2D eigenvalue weighted by Crippen LogP contribution is 2.31. The highest BCUT2D eigenvalue weighted by molar-refractivity contribution is 7.18. The lowest BCUT2D eigenvalue weighted by Crippen LogP contribution is -2.37.